The second kappa shape index (κ2) is 9.02. The minimum absolute atomic E-state index is 0.135. The van der Waals surface area contributed by atoms with E-state index in [9.17, 15) is 9.59 Å². The summed E-state index contributed by atoms with van der Waals surface area (Å²) in [6.07, 6.45) is 2.26. The van der Waals surface area contributed by atoms with E-state index in [-0.39, 0.29) is 16.9 Å². The van der Waals surface area contributed by atoms with Gasteiger partial charge in [0, 0.05) is 0 Å². The van der Waals surface area contributed by atoms with Gasteiger partial charge in [0.1, 0.15) is 12.6 Å². The standard InChI is InChI=1S/C18H20Cl2N2O3/c1-3-4-10-14-15(19)21-16(20)17(23)22(14)12(2)18(24)25-11-13-8-6-5-7-9-13/h5-9,12H,3-4,10-11H2,1-2H3. The van der Waals surface area contributed by atoms with Gasteiger partial charge in [-0.1, -0.05) is 66.9 Å². The average molecular weight is 383 g/mol. The molecule has 0 saturated carbocycles. The van der Waals surface area contributed by atoms with Crippen molar-refractivity contribution in [3.8, 4) is 0 Å². The Labute approximate surface area is 156 Å². The summed E-state index contributed by atoms with van der Waals surface area (Å²) in [5.41, 5.74) is 0.829. The van der Waals surface area contributed by atoms with E-state index in [0.29, 0.717) is 12.1 Å². The molecule has 1 atom stereocenters. The van der Waals surface area contributed by atoms with Crippen molar-refractivity contribution < 1.29 is 9.53 Å². The number of carbonyl (C=O) groups is 1. The zero-order chi connectivity index (χ0) is 18.4. The molecule has 134 valence electrons. The third kappa shape index (κ3) is 4.83. The normalized spacial score (nSPS) is 12.0. The third-order valence-electron chi connectivity index (χ3n) is 3.84. The van der Waals surface area contributed by atoms with Gasteiger partial charge in [-0.2, -0.15) is 0 Å². The number of nitrogens with zero attached hydrogens (tertiary/aromatic N) is 2. The fraction of sp³-hybridized carbons (Fsp3) is 0.389. The highest BCUT2D eigenvalue weighted by atomic mass is 35.5. The molecule has 1 aromatic carbocycles. The monoisotopic (exact) mass is 382 g/mol. The molecule has 25 heavy (non-hydrogen) atoms. The van der Waals surface area contributed by atoms with Gasteiger partial charge in [-0.25, -0.2) is 9.78 Å². The smallest absolute Gasteiger partial charge is 0.329 e. The van der Waals surface area contributed by atoms with Gasteiger partial charge in [0.15, 0.2) is 10.3 Å². The van der Waals surface area contributed by atoms with Crippen molar-refractivity contribution in [3.63, 3.8) is 0 Å². The molecule has 1 heterocycles. The number of benzene rings is 1. The maximum atomic E-state index is 12.4. The van der Waals surface area contributed by atoms with Crippen LogP contribution in [0.5, 0.6) is 0 Å². The first-order valence-electron chi connectivity index (χ1n) is 8.12. The predicted molar refractivity (Wildman–Crippen MR) is 98.1 cm³/mol. The second-order valence-electron chi connectivity index (χ2n) is 5.69. The predicted octanol–water partition coefficient (Wildman–Crippen LogP) is 4.20. The van der Waals surface area contributed by atoms with Crippen LogP contribution in [-0.2, 0) is 22.6 Å². The molecule has 2 aromatic rings. The maximum absolute atomic E-state index is 12.4. The second-order valence-corrected chi connectivity index (χ2v) is 6.40. The lowest BCUT2D eigenvalue weighted by Crippen LogP contribution is -2.33. The molecule has 2 rings (SSSR count). The van der Waals surface area contributed by atoms with Gasteiger partial charge < -0.3 is 4.74 Å². The molecule has 0 aliphatic rings. The lowest BCUT2D eigenvalue weighted by molar-refractivity contribution is -0.148. The first-order chi connectivity index (χ1) is 12.0. The fourth-order valence-electron chi connectivity index (χ4n) is 2.45. The Kier molecular flexibility index (Phi) is 7.02. The Morgan fingerprint density at radius 1 is 1.24 bits per heavy atom. The van der Waals surface area contributed by atoms with Crippen molar-refractivity contribution in [2.45, 2.75) is 45.8 Å². The molecular formula is C18H20Cl2N2O3. The molecule has 0 N–H and O–H groups in total. The van der Waals surface area contributed by atoms with Gasteiger partial charge >= 0.3 is 5.97 Å². The quantitative estimate of drug-likeness (QED) is 0.673. The summed E-state index contributed by atoms with van der Waals surface area (Å²) in [5, 5.41) is -0.117. The van der Waals surface area contributed by atoms with Crippen LogP contribution in [-0.4, -0.2) is 15.5 Å². The van der Waals surface area contributed by atoms with E-state index >= 15 is 0 Å². The zero-order valence-electron chi connectivity index (χ0n) is 14.2. The highest BCUT2D eigenvalue weighted by Gasteiger charge is 2.24. The van der Waals surface area contributed by atoms with E-state index in [1.165, 1.54) is 4.57 Å². The summed E-state index contributed by atoms with van der Waals surface area (Å²) in [7, 11) is 0. The topological polar surface area (TPSA) is 61.2 Å². The zero-order valence-corrected chi connectivity index (χ0v) is 15.7. The largest absolute Gasteiger partial charge is 0.459 e. The van der Waals surface area contributed by atoms with Crippen molar-refractivity contribution in [2.24, 2.45) is 0 Å². The number of halogens is 2. The number of unbranched alkanes of at least 4 members (excludes halogenated alkanes) is 1. The molecule has 0 fully saturated rings. The number of hydrogen-bond acceptors (Lipinski definition) is 4. The van der Waals surface area contributed by atoms with Crippen molar-refractivity contribution in [1.29, 1.82) is 0 Å². The molecule has 0 radical (unpaired) electrons. The molecule has 7 heteroatoms. The van der Waals surface area contributed by atoms with Crippen molar-refractivity contribution in [3.05, 3.63) is 62.2 Å². The van der Waals surface area contributed by atoms with Crippen molar-refractivity contribution >= 4 is 29.2 Å². The molecule has 0 spiro atoms. The number of carbonyl (C=O) groups excluding carboxylic acids is 1. The van der Waals surface area contributed by atoms with E-state index in [0.717, 1.165) is 18.4 Å². The van der Waals surface area contributed by atoms with Crippen molar-refractivity contribution in [2.75, 3.05) is 0 Å². The lowest BCUT2D eigenvalue weighted by atomic mass is 10.2. The summed E-state index contributed by atoms with van der Waals surface area (Å²) in [4.78, 5) is 28.7. The van der Waals surface area contributed by atoms with Crippen LogP contribution >= 0.6 is 23.2 Å². The number of esters is 1. The Hall–Kier alpha value is -1.85. The number of rotatable bonds is 7. The Morgan fingerprint density at radius 3 is 2.56 bits per heavy atom. The maximum Gasteiger partial charge on any atom is 0.329 e. The van der Waals surface area contributed by atoms with Crippen molar-refractivity contribution in [1.82, 2.24) is 9.55 Å². The van der Waals surface area contributed by atoms with Crippen LogP contribution in [0.4, 0.5) is 0 Å². The number of hydrogen-bond donors (Lipinski definition) is 0. The average Bonchev–Trinajstić information content (AvgIpc) is 2.61. The third-order valence-corrected chi connectivity index (χ3v) is 4.39. The SMILES string of the molecule is CCCCc1c(Cl)nc(Cl)c(=O)n1C(C)C(=O)OCc1ccccc1. The van der Waals surface area contributed by atoms with Crippen LogP contribution < -0.4 is 5.56 Å². The molecule has 0 amide bonds. The highest BCUT2D eigenvalue weighted by Crippen LogP contribution is 2.21. The Balaban J connectivity index is 2.26. The van der Waals surface area contributed by atoms with Gasteiger partial charge in [0.25, 0.3) is 5.56 Å². The molecule has 0 saturated heterocycles. The molecular weight excluding hydrogens is 363 g/mol. The van der Waals surface area contributed by atoms with E-state index in [4.69, 9.17) is 27.9 Å². The number of aromatic nitrogens is 2. The molecule has 0 aliphatic heterocycles. The van der Waals surface area contributed by atoms with Crippen LogP contribution in [0.25, 0.3) is 0 Å². The van der Waals surface area contributed by atoms with E-state index in [1.807, 2.05) is 37.3 Å². The Bertz CT molecular complexity index is 791. The van der Waals surface area contributed by atoms with Crippen LogP contribution in [0.15, 0.2) is 35.1 Å². The van der Waals surface area contributed by atoms with Gasteiger partial charge in [0.2, 0.25) is 0 Å². The minimum Gasteiger partial charge on any atom is -0.459 e. The van der Waals surface area contributed by atoms with Gasteiger partial charge in [0.05, 0.1) is 5.69 Å². The molecule has 1 aromatic heterocycles. The van der Waals surface area contributed by atoms with Gasteiger partial charge in [-0.3, -0.25) is 9.36 Å². The van der Waals surface area contributed by atoms with Crippen LogP contribution in [0.2, 0.25) is 10.3 Å². The molecule has 0 aliphatic carbocycles. The highest BCUT2D eigenvalue weighted by molar-refractivity contribution is 6.32. The van der Waals surface area contributed by atoms with E-state index in [1.54, 1.807) is 6.92 Å². The summed E-state index contributed by atoms with van der Waals surface area (Å²) in [5.74, 6) is -0.526. The summed E-state index contributed by atoms with van der Waals surface area (Å²) < 4.78 is 6.63. The lowest BCUT2D eigenvalue weighted by Gasteiger charge is -2.19. The first kappa shape index (κ1) is 19.5. The minimum atomic E-state index is -0.846. The van der Waals surface area contributed by atoms with Gasteiger partial charge in [-0.05, 0) is 25.3 Å². The summed E-state index contributed by atoms with van der Waals surface area (Å²) in [6.45, 7) is 3.75. The number of ether oxygens (including phenoxy) is 1. The summed E-state index contributed by atoms with van der Waals surface area (Å²) >= 11 is 12.0. The van der Waals surface area contributed by atoms with Crippen LogP contribution in [0.1, 0.15) is 44.0 Å². The summed E-state index contributed by atoms with van der Waals surface area (Å²) in [6, 6.07) is 8.48. The van der Waals surface area contributed by atoms with E-state index in [2.05, 4.69) is 4.98 Å². The van der Waals surface area contributed by atoms with Gasteiger partial charge in [-0.15, -0.1) is 0 Å². The van der Waals surface area contributed by atoms with Crippen LogP contribution in [0, 0.1) is 0 Å². The Morgan fingerprint density at radius 2 is 1.92 bits per heavy atom. The van der Waals surface area contributed by atoms with E-state index < -0.39 is 17.6 Å². The molecule has 0 bridgehead atoms. The van der Waals surface area contributed by atoms with Crippen LogP contribution in [0.3, 0.4) is 0 Å². The molecule has 5 nitrogen and oxygen atoms in total. The fourth-order valence-corrected chi connectivity index (χ4v) is 2.94. The first-order valence-corrected chi connectivity index (χ1v) is 8.88. The molecule has 1 unspecified atom stereocenters.